The van der Waals surface area contributed by atoms with Crippen molar-refractivity contribution in [3.8, 4) is 5.75 Å². The van der Waals surface area contributed by atoms with Crippen LogP contribution in [0.3, 0.4) is 0 Å². The molecule has 0 amide bonds. The van der Waals surface area contributed by atoms with E-state index in [1.807, 2.05) is 27.7 Å². The fourth-order valence-corrected chi connectivity index (χ4v) is 2.90. The molecule has 1 heterocycles. The van der Waals surface area contributed by atoms with Crippen molar-refractivity contribution in [1.82, 2.24) is 4.98 Å². The highest BCUT2D eigenvalue weighted by molar-refractivity contribution is 7.09. The van der Waals surface area contributed by atoms with Gasteiger partial charge in [0.25, 0.3) is 0 Å². The van der Waals surface area contributed by atoms with Gasteiger partial charge in [-0.25, -0.2) is 4.39 Å². The normalized spacial score (nSPS) is 14.8. The van der Waals surface area contributed by atoms with Gasteiger partial charge in [0, 0.05) is 6.20 Å². The van der Waals surface area contributed by atoms with Gasteiger partial charge in [-0.2, -0.15) is 0 Å². The number of nitrogens with zero attached hydrogens (tertiary/aromatic N) is 1. The lowest BCUT2D eigenvalue weighted by Gasteiger charge is -2.38. The predicted octanol–water partition coefficient (Wildman–Crippen LogP) is 3.90. The Morgan fingerprint density at radius 3 is 2.57 bits per heavy atom. The second-order valence-electron chi connectivity index (χ2n) is 6.20. The van der Waals surface area contributed by atoms with E-state index in [0.29, 0.717) is 4.88 Å². The number of rotatable bonds is 4. The lowest BCUT2D eigenvalue weighted by molar-refractivity contribution is -0.0923. The molecule has 0 saturated heterocycles. The minimum atomic E-state index is -1.23. The third kappa shape index (κ3) is 3.24. The van der Waals surface area contributed by atoms with Gasteiger partial charge in [0.1, 0.15) is 12.2 Å². The summed E-state index contributed by atoms with van der Waals surface area (Å²) in [6.45, 7) is 7.54. The number of aryl methyl sites for hydroxylation is 1. The molecule has 1 aromatic carbocycles. The predicted molar refractivity (Wildman–Crippen MR) is 82.1 cm³/mol. The molecule has 114 valence electrons. The molecule has 0 fully saturated rings. The Kier molecular flexibility index (Phi) is 4.35. The highest BCUT2D eigenvalue weighted by Crippen LogP contribution is 2.41. The standard InChI is InChI=1S/C16H20FNO2S/c1-11-5-6-13(12(17)7-11)20-9-16(19,15(2,3)4)14-8-18-10-21-14/h5-8,10,19H,9H2,1-4H3. The molecule has 0 bridgehead atoms. The molecule has 0 aliphatic carbocycles. The molecule has 3 nitrogen and oxygen atoms in total. The molecule has 0 saturated carbocycles. The summed E-state index contributed by atoms with van der Waals surface area (Å²) in [6.07, 6.45) is 1.63. The van der Waals surface area contributed by atoms with Crippen molar-refractivity contribution in [3.63, 3.8) is 0 Å². The summed E-state index contributed by atoms with van der Waals surface area (Å²) in [6, 6.07) is 4.78. The zero-order valence-corrected chi connectivity index (χ0v) is 13.5. The fraction of sp³-hybridized carbons (Fsp3) is 0.438. The lowest BCUT2D eigenvalue weighted by Crippen LogP contribution is -2.44. The van der Waals surface area contributed by atoms with Gasteiger partial charge in [0.05, 0.1) is 10.4 Å². The smallest absolute Gasteiger partial charge is 0.165 e. The monoisotopic (exact) mass is 309 g/mol. The van der Waals surface area contributed by atoms with Gasteiger partial charge in [0.2, 0.25) is 0 Å². The largest absolute Gasteiger partial charge is 0.487 e. The maximum absolute atomic E-state index is 13.8. The second-order valence-corrected chi connectivity index (χ2v) is 7.08. The Balaban J connectivity index is 2.25. The van der Waals surface area contributed by atoms with E-state index < -0.39 is 16.8 Å². The van der Waals surface area contributed by atoms with E-state index >= 15 is 0 Å². The van der Waals surface area contributed by atoms with Crippen LogP contribution in [0.4, 0.5) is 4.39 Å². The summed E-state index contributed by atoms with van der Waals surface area (Å²) in [5, 5.41) is 11.0. The maximum Gasteiger partial charge on any atom is 0.165 e. The van der Waals surface area contributed by atoms with Crippen LogP contribution >= 0.6 is 11.3 Å². The van der Waals surface area contributed by atoms with Crippen molar-refractivity contribution in [2.24, 2.45) is 5.41 Å². The van der Waals surface area contributed by atoms with Gasteiger partial charge in [-0.05, 0) is 30.0 Å². The summed E-state index contributed by atoms with van der Waals surface area (Å²) < 4.78 is 19.4. The minimum Gasteiger partial charge on any atom is -0.487 e. The first-order valence-electron chi connectivity index (χ1n) is 6.74. The molecule has 0 radical (unpaired) electrons. The minimum absolute atomic E-state index is 0.0291. The van der Waals surface area contributed by atoms with Crippen LogP contribution < -0.4 is 4.74 Å². The van der Waals surface area contributed by atoms with Crippen LogP contribution in [0.2, 0.25) is 0 Å². The molecule has 1 unspecified atom stereocenters. The van der Waals surface area contributed by atoms with E-state index in [4.69, 9.17) is 4.74 Å². The van der Waals surface area contributed by atoms with E-state index in [2.05, 4.69) is 4.98 Å². The van der Waals surface area contributed by atoms with Gasteiger partial charge < -0.3 is 9.84 Å². The van der Waals surface area contributed by atoms with Crippen molar-refractivity contribution < 1.29 is 14.2 Å². The first kappa shape index (κ1) is 15.9. The SMILES string of the molecule is Cc1ccc(OCC(O)(c2cncs2)C(C)(C)C)c(F)c1. The fourth-order valence-electron chi connectivity index (χ4n) is 1.98. The average Bonchev–Trinajstić information content (AvgIpc) is 2.90. The van der Waals surface area contributed by atoms with Crippen LogP contribution in [0.1, 0.15) is 31.2 Å². The summed E-state index contributed by atoms with van der Waals surface area (Å²) in [5.74, 6) is -0.275. The lowest BCUT2D eigenvalue weighted by atomic mass is 9.76. The van der Waals surface area contributed by atoms with Crippen LogP contribution in [-0.2, 0) is 5.60 Å². The number of hydrogen-bond acceptors (Lipinski definition) is 4. The first-order valence-corrected chi connectivity index (χ1v) is 7.62. The Bertz CT molecular complexity index is 607. The first-order chi connectivity index (χ1) is 9.74. The van der Waals surface area contributed by atoms with Gasteiger partial charge in [-0.1, -0.05) is 26.8 Å². The van der Waals surface area contributed by atoms with E-state index in [-0.39, 0.29) is 12.4 Å². The molecular weight excluding hydrogens is 289 g/mol. The van der Waals surface area contributed by atoms with Crippen molar-refractivity contribution in [3.05, 3.63) is 46.2 Å². The number of aromatic nitrogens is 1. The van der Waals surface area contributed by atoms with Crippen LogP contribution in [0.25, 0.3) is 0 Å². The summed E-state index contributed by atoms with van der Waals surface area (Å²) >= 11 is 1.36. The molecule has 0 spiro atoms. The molecule has 0 aliphatic heterocycles. The van der Waals surface area contributed by atoms with Crippen molar-refractivity contribution in [2.75, 3.05) is 6.61 Å². The molecule has 1 atom stereocenters. The number of hydrogen-bond donors (Lipinski definition) is 1. The number of halogens is 1. The summed E-state index contributed by atoms with van der Waals surface area (Å²) in [4.78, 5) is 4.73. The topological polar surface area (TPSA) is 42.4 Å². The molecular formula is C16H20FNO2S. The molecule has 5 heteroatoms. The third-order valence-corrected chi connectivity index (χ3v) is 4.53. The third-order valence-electron chi connectivity index (χ3n) is 3.60. The van der Waals surface area contributed by atoms with Crippen LogP contribution in [0.15, 0.2) is 29.9 Å². The van der Waals surface area contributed by atoms with Crippen molar-refractivity contribution >= 4 is 11.3 Å². The van der Waals surface area contributed by atoms with Gasteiger partial charge in [-0.3, -0.25) is 4.98 Å². The number of thiazole rings is 1. The zero-order chi connectivity index (χ0) is 15.7. The van der Waals surface area contributed by atoms with Crippen molar-refractivity contribution in [2.45, 2.75) is 33.3 Å². The van der Waals surface area contributed by atoms with Gasteiger partial charge in [0.15, 0.2) is 11.6 Å². The van der Waals surface area contributed by atoms with E-state index in [1.165, 1.54) is 17.4 Å². The Morgan fingerprint density at radius 1 is 1.33 bits per heavy atom. The van der Waals surface area contributed by atoms with Crippen LogP contribution in [-0.4, -0.2) is 16.7 Å². The number of benzene rings is 1. The van der Waals surface area contributed by atoms with E-state index in [1.54, 1.807) is 23.8 Å². The summed E-state index contributed by atoms with van der Waals surface area (Å²) in [5.41, 5.74) is 0.790. The molecule has 21 heavy (non-hydrogen) atoms. The van der Waals surface area contributed by atoms with Crippen LogP contribution in [0, 0.1) is 18.2 Å². The quantitative estimate of drug-likeness (QED) is 0.931. The Labute approximate surface area is 128 Å². The Morgan fingerprint density at radius 2 is 2.05 bits per heavy atom. The highest BCUT2D eigenvalue weighted by atomic mass is 32.1. The van der Waals surface area contributed by atoms with E-state index in [9.17, 15) is 9.50 Å². The molecule has 1 N–H and O–H groups in total. The van der Waals surface area contributed by atoms with Gasteiger partial charge in [-0.15, -0.1) is 11.3 Å². The second kappa shape index (κ2) is 5.73. The maximum atomic E-state index is 13.8. The van der Waals surface area contributed by atoms with Gasteiger partial charge >= 0.3 is 0 Å². The van der Waals surface area contributed by atoms with E-state index in [0.717, 1.165) is 5.56 Å². The molecule has 2 aromatic rings. The number of ether oxygens (including phenoxy) is 1. The number of aliphatic hydroxyl groups is 1. The molecule has 0 aliphatic rings. The average molecular weight is 309 g/mol. The molecule has 2 rings (SSSR count). The van der Waals surface area contributed by atoms with Crippen LogP contribution in [0.5, 0.6) is 5.75 Å². The zero-order valence-electron chi connectivity index (χ0n) is 12.7. The Hall–Kier alpha value is -1.46. The summed E-state index contributed by atoms with van der Waals surface area (Å²) in [7, 11) is 0. The van der Waals surface area contributed by atoms with Crippen molar-refractivity contribution in [1.29, 1.82) is 0 Å². The highest BCUT2D eigenvalue weighted by Gasteiger charge is 2.44. The molecule has 1 aromatic heterocycles.